The molecule has 0 radical (unpaired) electrons. The van der Waals surface area contributed by atoms with Gasteiger partial charge in [0.1, 0.15) is 5.82 Å². The summed E-state index contributed by atoms with van der Waals surface area (Å²) in [6.07, 6.45) is 0.965. The highest BCUT2D eigenvalue weighted by atomic mass is 35.5. The third kappa shape index (κ3) is 3.87. The number of halogens is 1. The Morgan fingerprint density at radius 3 is 2.68 bits per heavy atom. The van der Waals surface area contributed by atoms with E-state index in [1.165, 1.54) is 16.5 Å². The van der Waals surface area contributed by atoms with Crippen molar-refractivity contribution in [1.29, 1.82) is 0 Å². The summed E-state index contributed by atoms with van der Waals surface area (Å²) in [4.78, 5) is 19.7. The Morgan fingerprint density at radius 2 is 1.87 bits per heavy atom. The summed E-state index contributed by atoms with van der Waals surface area (Å²) >= 11 is 6.17. The second-order valence-electron chi connectivity index (χ2n) is 7.89. The van der Waals surface area contributed by atoms with Crippen LogP contribution >= 0.6 is 11.6 Å². The number of benzene rings is 3. The Balaban J connectivity index is 1.34. The number of nitrogens with one attached hydrogen (secondary N) is 1. The number of pyridine rings is 1. The van der Waals surface area contributed by atoms with Gasteiger partial charge < -0.3 is 10.2 Å². The summed E-state index contributed by atoms with van der Waals surface area (Å²) in [5, 5.41) is 4.77. The zero-order chi connectivity index (χ0) is 21.4. The molecule has 1 aliphatic heterocycles. The van der Waals surface area contributed by atoms with Crippen LogP contribution in [0.25, 0.3) is 10.9 Å². The first-order chi connectivity index (χ1) is 15.1. The van der Waals surface area contributed by atoms with Crippen molar-refractivity contribution in [3.05, 3.63) is 100 Å². The first-order valence-corrected chi connectivity index (χ1v) is 10.8. The van der Waals surface area contributed by atoms with Crippen LogP contribution in [-0.2, 0) is 13.0 Å². The Bertz CT molecular complexity index is 1280. The fourth-order valence-corrected chi connectivity index (χ4v) is 4.23. The lowest BCUT2D eigenvalue weighted by atomic mass is 10.1. The molecule has 0 unspecified atom stereocenters. The lowest BCUT2D eigenvalue weighted by Crippen LogP contribution is -2.23. The van der Waals surface area contributed by atoms with Gasteiger partial charge in [0.15, 0.2) is 0 Å². The third-order valence-corrected chi connectivity index (χ3v) is 6.10. The number of aryl methyl sites for hydroxylation is 1. The molecule has 0 aliphatic carbocycles. The number of aromatic nitrogens is 1. The number of nitrogens with zero attached hydrogens (tertiary/aromatic N) is 2. The lowest BCUT2D eigenvalue weighted by molar-refractivity contribution is 0.0951. The second-order valence-corrected chi connectivity index (χ2v) is 8.30. The van der Waals surface area contributed by atoms with Gasteiger partial charge in [0, 0.05) is 34.7 Å². The maximum absolute atomic E-state index is 12.6. The predicted octanol–water partition coefficient (Wildman–Crippen LogP) is 5.82. The number of anilines is 2. The summed E-state index contributed by atoms with van der Waals surface area (Å²) < 4.78 is 0. The average molecular weight is 428 g/mol. The van der Waals surface area contributed by atoms with Crippen LogP contribution in [0.2, 0.25) is 5.02 Å². The molecule has 1 aromatic heterocycles. The monoisotopic (exact) mass is 427 g/mol. The molecule has 4 aromatic rings. The van der Waals surface area contributed by atoms with Gasteiger partial charge in [-0.25, -0.2) is 4.98 Å². The van der Waals surface area contributed by atoms with Crippen LogP contribution in [-0.4, -0.2) is 17.4 Å². The van der Waals surface area contributed by atoms with Gasteiger partial charge >= 0.3 is 0 Å². The van der Waals surface area contributed by atoms with Gasteiger partial charge in [-0.2, -0.15) is 0 Å². The highest BCUT2D eigenvalue weighted by molar-refractivity contribution is 6.31. The molecule has 3 aromatic carbocycles. The maximum atomic E-state index is 12.6. The van der Waals surface area contributed by atoms with Crippen LogP contribution in [0.5, 0.6) is 0 Å². The number of rotatable bonds is 4. The van der Waals surface area contributed by atoms with E-state index < -0.39 is 0 Å². The molecule has 154 valence electrons. The van der Waals surface area contributed by atoms with E-state index in [1.54, 1.807) is 0 Å². The normalized spacial score (nSPS) is 12.8. The van der Waals surface area contributed by atoms with Crippen LogP contribution in [0, 0.1) is 6.92 Å². The summed E-state index contributed by atoms with van der Waals surface area (Å²) in [6, 6.07) is 23.8. The molecule has 0 saturated carbocycles. The number of carbonyl (C=O) groups is 1. The highest BCUT2D eigenvalue weighted by Crippen LogP contribution is 2.35. The minimum Gasteiger partial charge on any atom is -0.348 e. The molecule has 1 amide bonds. The summed E-state index contributed by atoms with van der Waals surface area (Å²) in [5.74, 6) is 0.891. The molecule has 0 bridgehead atoms. The van der Waals surface area contributed by atoms with Crippen molar-refractivity contribution in [3.8, 4) is 0 Å². The molecule has 1 aliphatic rings. The van der Waals surface area contributed by atoms with E-state index in [-0.39, 0.29) is 5.91 Å². The van der Waals surface area contributed by atoms with E-state index in [4.69, 9.17) is 16.6 Å². The summed E-state index contributed by atoms with van der Waals surface area (Å²) in [7, 11) is 0. The third-order valence-electron chi connectivity index (χ3n) is 5.73. The molecule has 0 spiro atoms. The van der Waals surface area contributed by atoms with E-state index in [0.29, 0.717) is 17.1 Å². The molecular formula is C26H22ClN3O. The Kier molecular flexibility index (Phi) is 5.08. The standard InChI is InChI=1S/C26H22ClN3O/c1-17-6-7-19-15-20-12-13-30(25(20)29-24(19)14-17)22-10-8-18(9-11-22)26(31)28-16-21-4-2-3-5-23(21)27/h2-11,14-15H,12-13,16H2,1H3,(H,28,31). The lowest BCUT2D eigenvalue weighted by Gasteiger charge is -2.19. The zero-order valence-corrected chi connectivity index (χ0v) is 18.0. The van der Waals surface area contributed by atoms with Crippen molar-refractivity contribution in [2.24, 2.45) is 0 Å². The van der Waals surface area contributed by atoms with E-state index in [0.717, 1.165) is 35.6 Å². The van der Waals surface area contributed by atoms with E-state index >= 15 is 0 Å². The second kappa shape index (κ2) is 8.05. The predicted molar refractivity (Wildman–Crippen MR) is 126 cm³/mol. The smallest absolute Gasteiger partial charge is 0.251 e. The molecular weight excluding hydrogens is 406 g/mol. The molecule has 0 atom stereocenters. The minimum absolute atomic E-state index is 0.118. The topological polar surface area (TPSA) is 45.2 Å². The van der Waals surface area contributed by atoms with Gasteiger partial charge in [-0.3, -0.25) is 4.79 Å². The fraction of sp³-hybridized carbons (Fsp3) is 0.154. The SMILES string of the molecule is Cc1ccc2cc3c(nc2c1)N(c1ccc(C(=O)NCc2ccccc2Cl)cc1)CC3. The van der Waals surface area contributed by atoms with Crippen LogP contribution < -0.4 is 10.2 Å². The van der Waals surface area contributed by atoms with E-state index in [9.17, 15) is 4.79 Å². The van der Waals surface area contributed by atoms with Crippen LogP contribution in [0.15, 0.2) is 72.8 Å². The quantitative estimate of drug-likeness (QED) is 0.446. The fourth-order valence-electron chi connectivity index (χ4n) is 4.03. The minimum atomic E-state index is -0.118. The van der Waals surface area contributed by atoms with Crippen molar-refractivity contribution in [2.45, 2.75) is 19.9 Å². The molecule has 2 heterocycles. The van der Waals surface area contributed by atoms with Crippen molar-refractivity contribution >= 4 is 39.9 Å². The van der Waals surface area contributed by atoms with Gasteiger partial charge in [0.05, 0.1) is 5.52 Å². The van der Waals surface area contributed by atoms with Crippen molar-refractivity contribution in [2.75, 3.05) is 11.4 Å². The number of fused-ring (bicyclic) bond motifs is 2. The van der Waals surface area contributed by atoms with Gasteiger partial charge in [0.25, 0.3) is 5.91 Å². The summed E-state index contributed by atoms with van der Waals surface area (Å²) in [6.45, 7) is 3.37. The Labute approximate surface area is 186 Å². The maximum Gasteiger partial charge on any atom is 0.251 e. The highest BCUT2D eigenvalue weighted by Gasteiger charge is 2.23. The number of hydrogen-bond acceptors (Lipinski definition) is 3. The molecule has 4 nitrogen and oxygen atoms in total. The van der Waals surface area contributed by atoms with Crippen LogP contribution in [0.4, 0.5) is 11.5 Å². The van der Waals surface area contributed by atoms with Gasteiger partial charge in [-0.15, -0.1) is 0 Å². The van der Waals surface area contributed by atoms with Crippen LogP contribution in [0.1, 0.15) is 27.0 Å². The van der Waals surface area contributed by atoms with Gasteiger partial charge in [-0.1, -0.05) is 41.9 Å². The average Bonchev–Trinajstić information content (AvgIpc) is 3.19. The Hall–Kier alpha value is -3.37. The van der Waals surface area contributed by atoms with Gasteiger partial charge in [-0.05, 0) is 72.5 Å². The Morgan fingerprint density at radius 1 is 1.06 bits per heavy atom. The zero-order valence-electron chi connectivity index (χ0n) is 17.2. The van der Waals surface area contributed by atoms with E-state index in [2.05, 4.69) is 41.4 Å². The van der Waals surface area contributed by atoms with Crippen molar-refractivity contribution < 1.29 is 4.79 Å². The summed E-state index contributed by atoms with van der Waals surface area (Å²) in [5.41, 5.74) is 6.05. The molecule has 5 heteroatoms. The first-order valence-electron chi connectivity index (χ1n) is 10.4. The molecule has 5 rings (SSSR count). The number of amides is 1. The van der Waals surface area contributed by atoms with Gasteiger partial charge in [0.2, 0.25) is 0 Å². The molecule has 1 N–H and O–H groups in total. The molecule has 0 fully saturated rings. The van der Waals surface area contributed by atoms with Crippen LogP contribution in [0.3, 0.4) is 0 Å². The van der Waals surface area contributed by atoms with Crippen molar-refractivity contribution in [3.63, 3.8) is 0 Å². The van der Waals surface area contributed by atoms with Crippen molar-refractivity contribution in [1.82, 2.24) is 10.3 Å². The number of hydrogen-bond donors (Lipinski definition) is 1. The molecule has 0 saturated heterocycles. The molecule has 31 heavy (non-hydrogen) atoms. The largest absolute Gasteiger partial charge is 0.348 e. The van der Waals surface area contributed by atoms with E-state index in [1.807, 2.05) is 48.5 Å². The first kappa shape index (κ1) is 19.6. The number of carbonyl (C=O) groups excluding carboxylic acids is 1.